The van der Waals surface area contributed by atoms with Gasteiger partial charge in [-0.3, -0.25) is 4.79 Å². The van der Waals surface area contributed by atoms with Crippen molar-refractivity contribution in [1.29, 1.82) is 0 Å². The minimum atomic E-state index is -1.10. The number of carboxylic acid groups (broad SMARTS) is 1. The fourth-order valence-electron chi connectivity index (χ4n) is 3.35. The van der Waals surface area contributed by atoms with Gasteiger partial charge in [-0.25, -0.2) is 9.48 Å². The van der Waals surface area contributed by atoms with Crippen molar-refractivity contribution in [2.75, 3.05) is 10.6 Å². The number of nitrogens with zero attached hydrogens (tertiary/aromatic N) is 2. The van der Waals surface area contributed by atoms with E-state index in [1.807, 2.05) is 66.7 Å². The molecular weight excluding hydrogens is 392 g/mol. The van der Waals surface area contributed by atoms with Crippen molar-refractivity contribution in [2.45, 2.75) is 19.4 Å². The number of carbonyl (C=O) groups is 2. The van der Waals surface area contributed by atoms with Crippen molar-refractivity contribution in [3.05, 3.63) is 95.3 Å². The highest BCUT2D eigenvalue weighted by Crippen LogP contribution is 2.29. The molecule has 0 fully saturated rings. The third-order valence-electron chi connectivity index (χ3n) is 5.05. The Bertz CT molecular complexity index is 1160. The zero-order valence-electron chi connectivity index (χ0n) is 16.9. The van der Waals surface area contributed by atoms with Gasteiger partial charge in [-0.2, -0.15) is 5.10 Å². The molecule has 2 aromatic carbocycles. The lowest BCUT2D eigenvalue weighted by atomic mass is 10.1. The SMILES string of the molecule is CCc1ccc(NC(=O)c2cnn3c2NC(C(=O)O)=CC3C=Cc2ccccc2)cc1. The Morgan fingerprint density at radius 1 is 1.16 bits per heavy atom. The Kier molecular flexibility index (Phi) is 5.66. The lowest BCUT2D eigenvalue weighted by Crippen LogP contribution is -2.24. The summed E-state index contributed by atoms with van der Waals surface area (Å²) in [5, 5.41) is 19.5. The van der Waals surface area contributed by atoms with E-state index in [0.717, 1.165) is 12.0 Å². The number of carbonyl (C=O) groups excluding carboxylic acids is 1. The largest absolute Gasteiger partial charge is 0.477 e. The first-order chi connectivity index (χ1) is 15.0. The van der Waals surface area contributed by atoms with Crippen LogP contribution in [0.1, 0.15) is 34.5 Å². The molecule has 0 spiro atoms. The molecular formula is C24H22N4O3. The maximum Gasteiger partial charge on any atom is 0.352 e. The fraction of sp³-hybridized carbons (Fsp3) is 0.125. The molecule has 7 nitrogen and oxygen atoms in total. The molecule has 0 saturated heterocycles. The van der Waals surface area contributed by atoms with Gasteiger partial charge >= 0.3 is 5.97 Å². The number of aryl methyl sites for hydroxylation is 1. The van der Waals surface area contributed by atoms with E-state index in [0.29, 0.717) is 11.5 Å². The van der Waals surface area contributed by atoms with Gasteiger partial charge in [0.2, 0.25) is 0 Å². The van der Waals surface area contributed by atoms with Crippen LogP contribution < -0.4 is 10.6 Å². The summed E-state index contributed by atoms with van der Waals surface area (Å²) in [5.41, 5.74) is 3.08. The number of aliphatic carboxylic acids is 1. The number of aromatic nitrogens is 2. The highest BCUT2D eigenvalue weighted by atomic mass is 16.4. The zero-order valence-corrected chi connectivity index (χ0v) is 16.9. The number of allylic oxidation sites excluding steroid dienone is 2. The first kappa shape index (κ1) is 20.2. The second kappa shape index (κ2) is 8.71. The molecule has 7 heteroatoms. The Balaban J connectivity index is 1.62. The Labute approximate surface area is 179 Å². The maximum absolute atomic E-state index is 12.9. The minimum absolute atomic E-state index is 0.00272. The van der Waals surface area contributed by atoms with E-state index in [9.17, 15) is 14.7 Å². The van der Waals surface area contributed by atoms with Crippen molar-refractivity contribution in [2.24, 2.45) is 0 Å². The number of fused-ring (bicyclic) bond motifs is 1. The van der Waals surface area contributed by atoms with Crippen molar-refractivity contribution in [3.8, 4) is 0 Å². The number of benzene rings is 2. The Morgan fingerprint density at radius 2 is 1.90 bits per heavy atom. The van der Waals surface area contributed by atoms with Gasteiger partial charge < -0.3 is 15.7 Å². The molecule has 1 amide bonds. The lowest BCUT2D eigenvalue weighted by molar-refractivity contribution is -0.132. The molecule has 1 atom stereocenters. The topological polar surface area (TPSA) is 96.3 Å². The molecule has 0 aliphatic carbocycles. The monoisotopic (exact) mass is 414 g/mol. The van der Waals surface area contributed by atoms with E-state index in [1.54, 1.807) is 10.8 Å². The fourth-order valence-corrected chi connectivity index (χ4v) is 3.35. The second-order valence-electron chi connectivity index (χ2n) is 7.13. The number of hydrogen-bond acceptors (Lipinski definition) is 4. The molecule has 3 N–H and O–H groups in total. The molecule has 1 aliphatic rings. The lowest BCUT2D eigenvalue weighted by Gasteiger charge is -2.22. The number of rotatable bonds is 6. The van der Waals surface area contributed by atoms with Gasteiger partial charge in [0, 0.05) is 5.69 Å². The molecule has 1 aliphatic heterocycles. The summed E-state index contributed by atoms with van der Waals surface area (Å²) in [7, 11) is 0. The van der Waals surface area contributed by atoms with Crippen LogP contribution >= 0.6 is 0 Å². The highest BCUT2D eigenvalue weighted by molar-refractivity contribution is 6.08. The van der Waals surface area contributed by atoms with Gasteiger partial charge in [0.1, 0.15) is 17.1 Å². The van der Waals surface area contributed by atoms with Crippen LogP contribution in [0.25, 0.3) is 6.08 Å². The number of hydrogen-bond donors (Lipinski definition) is 3. The van der Waals surface area contributed by atoms with E-state index in [2.05, 4.69) is 22.7 Å². The second-order valence-corrected chi connectivity index (χ2v) is 7.13. The predicted octanol–water partition coefficient (Wildman–Crippen LogP) is 4.35. The van der Waals surface area contributed by atoms with Crippen LogP contribution in [0.2, 0.25) is 0 Å². The summed E-state index contributed by atoms with van der Waals surface area (Å²) < 4.78 is 1.60. The molecule has 1 unspecified atom stereocenters. The van der Waals surface area contributed by atoms with Crippen molar-refractivity contribution >= 4 is 29.5 Å². The van der Waals surface area contributed by atoms with Crippen LogP contribution in [-0.2, 0) is 11.2 Å². The minimum Gasteiger partial charge on any atom is -0.477 e. The number of nitrogens with one attached hydrogen (secondary N) is 2. The molecule has 1 aromatic heterocycles. The average Bonchev–Trinajstić information content (AvgIpc) is 3.23. The summed E-state index contributed by atoms with van der Waals surface area (Å²) >= 11 is 0. The molecule has 31 heavy (non-hydrogen) atoms. The molecule has 3 aromatic rings. The zero-order chi connectivity index (χ0) is 21.8. The van der Waals surface area contributed by atoms with Crippen LogP contribution in [0.4, 0.5) is 11.5 Å². The smallest absolute Gasteiger partial charge is 0.352 e. The summed E-state index contributed by atoms with van der Waals surface area (Å²) in [6.07, 6.45) is 7.66. The van der Waals surface area contributed by atoms with Crippen molar-refractivity contribution in [3.63, 3.8) is 0 Å². The molecule has 156 valence electrons. The van der Waals surface area contributed by atoms with Crippen LogP contribution in [0.3, 0.4) is 0 Å². The Morgan fingerprint density at radius 3 is 2.58 bits per heavy atom. The highest BCUT2D eigenvalue weighted by Gasteiger charge is 2.27. The van der Waals surface area contributed by atoms with Gasteiger partial charge in [-0.1, -0.05) is 61.5 Å². The first-order valence-corrected chi connectivity index (χ1v) is 9.98. The Hall–Kier alpha value is -4.13. The number of anilines is 2. The molecule has 0 radical (unpaired) electrons. The third-order valence-corrected chi connectivity index (χ3v) is 5.05. The van der Waals surface area contributed by atoms with E-state index in [4.69, 9.17) is 0 Å². The standard InChI is InChI=1S/C24H22N4O3/c1-2-16-8-11-18(12-9-16)26-23(29)20-15-25-28-19(13-10-17-6-4-3-5-7-17)14-21(24(30)31)27-22(20)28/h3-15,19,27H,2H2,1H3,(H,26,29)(H,30,31). The molecule has 4 rings (SSSR count). The first-order valence-electron chi connectivity index (χ1n) is 9.98. The third kappa shape index (κ3) is 4.40. The van der Waals surface area contributed by atoms with Crippen LogP contribution in [-0.4, -0.2) is 26.8 Å². The van der Waals surface area contributed by atoms with E-state index >= 15 is 0 Å². The van der Waals surface area contributed by atoms with Crippen LogP contribution in [0.15, 0.2) is 78.6 Å². The molecule has 2 heterocycles. The van der Waals surface area contributed by atoms with Crippen LogP contribution in [0, 0.1) is 0 Å². The molecule has 0 bridgehead atoms. The van der Waals surface area contributed by atoms with Gasteiger partial charge in [-0.15, -0.1) is 0 Å². The van der Waals surface area contributed by atoms with E-state index < -0.39 is 12.0 Å². The average molecular weight is 414 g/mol. The van der Waals surface area contributed by atoms with E-state index in [-0.39, 0.29) is 17.2 Å². The van der Waals surface area contributed by atoms with Crippen molar-refractivity contribution in [1.82, 2.24) is 9.78 Å². The van der Waals surface area contributed by atoms with Gasteiger partial charge in [0.15, 0.2) is 0 Å². The molecule has 0 saturated carbocycles. The predicted molar refractivity (Wildman–Crippen MR) is 120 cm³/mol. The number of amides is 1. The normalized spacial score (nSPS) is 15.1. The van der Waals surface area contributed by atoms with Gasteiger partial charge in [0.05, 0.1) is 12.2 Å². The van der Waals surface area contributed by atoms with Gasteiger partial charge in [-0.05, 0) is 35.8 Å². The van der Waals surface area contributed by atoms with Crippen molar-refractivity contribution < 1.29 is 14.7 Å². The quantitative estimate of drug-likeness (QED) is 0.557. The summed E-state index contributed by atoms with van der Waals surface area (Å²) in [4.78, 5) is 24.5. The summed E-state index contributed by atoms with van der Waals surface area (Å²) in [6.45, 7) is 2.06. The summed E-state index contributed by atoms with van der Waals surface area (Å²) in [6, 6.07) is 16.8. The number of carboxylic acids is 1. The summed E-state index contributed by atoms with van der Waals surface area (Å²) in [5.74, 6) is -1.13. The van der Waals surface area contributed by atoms with Gasteiger partial charge in [0.25, 0.3) is 5.91 Å². The van der Waals surface area contributed by atoms with Crippen LogP contribution in [0.5, 0.6) is 0 Å². The van der Waals surface area contributed by atoms with E-state index in [1.165, 1.54) is 11.8 Å². The maximum atomic E-state index is 12.9.